The number of anilines is 1. The van der Waals surface area contributed by atoms with Crippen molar-refractivity contribution in [3.63, 3.8) is 0 Å². The van der Waals surface area contributed by atoms with Gasteiger partial charge in [0.25, 0.3) is 0 Å². The van der Waals surface area contributed by atoms with Gasteiger partial charge in [0.05, 0.1) is 4.90 Å². The molecular weight excluding hydrogens is 260 g/mol. The Morgan fingerprint density at radius 2 is 1.63 bits per heavy atom. The van der Waals surface area contributed by atoms with E-state index in [0.717, 1.165) is 31.2 Å². The summed E-state index contributed by atoms with van der Waals surface area (Å²) < 4.78 is 26.8. The molecule has 1 saturated heterocycles. The second-order valence-corrected chi connectivity index (χ2v) is 7.13. The van der Waals surface area contributed by atoms with Crippen LogP contribution < -0.4 is 5.73 Å². The van der Waals surface area contributed by atoms with E-state index in [9.17, 15) is 8.42 Å². The van der Waals surface area contributed by atoms with Gasteiger partial charge >= 0.3 is 0 Å². The van der Waals surface area contributed by atoms with Crippen molar-refractivity contribution in [1.29, 1.82) is 0 Å². The standard InChI is InChI=1S/C14H22N2O2S/c1-12-11-13(7-8-14(12)15)19(17,18)16-9-5-3-2-4-6-10-16/h7-8,11H,2-6,9-10,15H2,1H3. The number of nitrogens with two attached hydrogens (primary N) is 1. The van der Waals surface area contributed by atoms with Crippen molar-refractivity contribution in [2.24, 2.45) is 0 Å². The molecule has 0 unspecified atom stereocenters. The Hall–Kier alpha value is -1.07. The van der Waals surface area contributed by atoms with Crippen LogP contribution in [0.4, 0.5) is 5.69 Å². The van der Waals surface area contributed by atoms with Gasteiger partial charge in [-0.3, -0.25) is 0 Å². The molecule has 0 aliphatic carbocycles. The van der Waals surface area contributed by atoms with Gasteiger partial charge in [-0.1, -0.05) is 19.3 Å². The van der Waals surface area contributed by atoms with Gasteiger partial charge in [-0.05, 0) is 43.5 Å². The Bertz CT molecular complexity index is 532. The number of rotatable bonds is 2. The van der Waals surface area contributed by atoms with Gasteiger partial charge in [0.2, 0.25) is 10.0 Å². The summed E-state index contributed by atoms with van der Waals surface area (Å²) in [4.78, 5) is 0.361. The molecule has 1 aliphatic heterocycles. The first-order valence-corrected chi connectivity index (χ1v) is 8.32. The van der Waals surface area contributed by atoms with Crippen molar-refractivity contribution in [2.45, 2.75) is 43.9 Å². The van der Waals surface area contributed by atoms with Crippen molar-refractivity contribution in [3.8, 4) is 0 Å². The molecule has 1 aliphatic rings. The predicted octanol–water partition coefficient (Wildman–Crippen LogP) is 2.53. The van der Waals surface area contributed by atoms with Crippen molar-refractivity contribution < 1.29 is 8.42 Å². The van der Waals surface area contributed by atoms with E-state index in [1.165, 1.54) is 6.42 Å². The van der Waals surface area contributed by atoms with Gasteiger partial charge in [0.1, 0.15) is 0 Å². The zero-order valence-corrected chi connectivity index (χ0v) is 12.2. The molecule has 2 rings (SSSR count). The Balaban J connectivity index is 2.26. The van der Waals surface area contributed by atoms with Gasteiger partial charge in [-0.2, -0.15) is 4.31 Å². The Morgan fingerprint density at radius 1 is 1.05 bits per heavy atom. The third kappa shape index (κ3) is 3.28. The van der Waals surface area contributed by atoms with Gasteiger partial charge in [-0.25, -0.2) is 8.42 Å². The van der Waals surface area contributed by atoms with Crippen LogP contribution in [0.2, 0.25) is 0 Å². The van der Waals surface area contributed by atoms with Gasteiger partial charge in [-0.15, -0.1) is 0 Å². The summed E-state index contributed by atoms with van der Waals surface area (Å²) in [6.45, 7) is 3.10. The summed E-state index contributed by atoms with van der Waals surface area (Å²) in [5, 5.41) is 0. The quantitative estimate of drug-likeness (QED) is 0.848. The van der Waals surface area contributed by atoms with E-state index < -0.39 is 10.0 Å². The molecule has 0 amide bonds. The summed E-state index contributed by atoms with van der Waals surface area (Å²) in [6.07, 6.45) is 5.36. The molecule has 2 N–H and O–H groups in total. The van der Waals surface area contributed by atoms with Crippen LogP contribution in [-0.4, -0.2) is 25.8 Å². The van der Waals surface area contributed by atoms with Gasteiger partial charge < -0.3 is 5.73 Å². The highest BCUT2D eigenvalue weighted by Gasteiger charge is 2.24. The van der Waals surface area contributed by atoms with E-state index in [1.807, 2.05) is 6.92 Å². The third-order valence-corrected chi connectivity index (χ3v) is 5.59. The zero-order valence-electron chi connectivity index (χ0n) is 11.4. The number of sulfonamides is 1. The second kappa shape index (κ2) is 5.92. The molecule has 5 heteroatoms. The summed E-state index contributed by atoms with van der Waals surface area (Å²) in [6, 6.07) is 4.95. The topological polar surface area (TPSA) is 63.4 Å². The van der Waals surface area contributed by atoms with E-state index in [2.05, 4.69) is 0 Å². The third-order valence-electron chi connectivity index (χ3n) is 3.69. The summed E-state index contributed by atoms with van der Waals surface area (Å²) in [5.41, 5.74) is 7.19. The van der Waals surface area contributed by atoms with Crippen molar-refractivity contribution in [1.82, 2.24) is 4.31 Å². The molecule has 1 aromatic rings. The fourth-order valence-electron chi connectivity index (χ4n) is 2.42. The van der Waals surface area contributed by atoms with Crippen molar-refractivity contribution in [2.75, 3.05) is 18.8 Å². The lowest BCUT2D eigenvalue weighted by atomic mass is 10.1. The lowest BCUT2D eigenvalue weighted by Gasteiger charge is -2.24. The van der Waals surface area contributed by atoms with E-state index in [-0.39, 0.29) is 0 Å². The molecule has 4 nitrogen and oxygen atoms in total. The molecule has 0 saturated carbocycles. The molecule has 1 heterocycles. The maximum Gasteiger partial charge on any atom is 0.243 e. The number of benzene rings is 1. The van der Waals surface area contributed by atoms with E-state index in [1.54, 1.807) is 22.5 Å². The van der Waals surface area contributed by atoms with Crippen LogP contribution >= 0.6 is 0 Å². The Kier molecular flexibility index (Phi) is 4.47. The normalized spacial score (nSPS) is 18.8. The highest BCUT2D eigenvalue weighted by Crippen LogP contribution is 2.22. The van der Waals surface area contributed by atoms with Gasteiger partial charge in [0, 0.05) is 18.8 Å². The monoisotopic (exact) mass is 282 g/mol. The van der Waals surface area contributed by atoms with Crippen LogP contribution in [0.5, 0.6) is 0 Å². The van der Waals surface area contributed by atoms with Crippen LogP contribution in [-0.2, 0) is 10.0 Å². The molecule has 0 radical (unpaired) electrons. The maximum absolute atomic E-state index is 12.6. The molecule has 0 bridgehead atoms. The first-order chi connectivity index (χ1) is 9.01. The highest BCUT2D eigenvalue weighted by atomic mass is 32.2. The van der Waals surface area contributed by atoms with Crippen molar-refractivity contribution >= 4 is 15.7 Å². The minimum Gasteiger partial charge on any atom is -0.399 e. The number of aryl methyl sites for hydroxylation is 1. The number of nitrogens with zero attached hydrogens (tertiary/aromatic N) is 1. The van der Waals surface area contributed by atoms with Gasteiger partial charge in [0.15, 0.2) is 0 Å². The fraction of sp³-hybridized carbons (Fsp3) is 0.571. The molecule has 0 atom stereocenters. The van der Waals surface area contributed by atoms with Crippen LogP contribution in [0.15, 0.2) is 23.1 Å². The Morgan fingerprint density at radius 3 is 2.21 bits per heavy atom. The molecular formula is C14H22N2O2S. The lowest BCUT2D eigenvalue weighted by Crippen LogP contribution is -2.33. The summed E-state index contributed by atoms with van der Waals surface area (Å²) in [7, 11) is -3.36. The van der Waals surface area contributed by atoms with E-state index in [0.29, 0.717) is 23.7 Å². The minimum absolute atomic E-state index is 0.361. The molecule has 19 heavy (non-hydrogen) atoms. The predicted molar refractivity (Wildman–Crippen MR) is 77.4 cm³/mol. The molecule has 1 aromatic carbocycles. The molecule has 106 valence electrons. The number of hydrogen-bond donors (Lipinski definition) is 1. The first kappa shape index (κ1) is 14.3. The fourth-order valence-corrected chi connectivity index (χ4v) is 4.02. The molecule has 0 aromatic heterocycles. The van der Waals surface area contributed by atoms with Crippen molar-refractivity contribution in [3.05, 3.63) is 23.8 Å². The number of nitrogen functional groups attached to an aromatic ring is 1. The first-order valence-electron chi connectivity index (χ1n) is 6.88. The minimum atomic E-state index is -3.36. The summed E-state index contributed by atoms with van der Waals surface area (Å²) in [5.74, 6) is 0. The Labute approximate surface area is 115 Å². The van der Waals surface area contributed by atoms with Crippen LogP contribution in [0.25, 0.3) is 0 Å². The van der Waals surface area contributed by atoms with Crippen LogP contribution in [0, 0.1) is 6.92 Å². The average Bonchev–Trinajstić information content (AvgIpc) is 2.31. The zero-order chi connectivity index (χ0) is 13.9. The van der Waals surface area contributed by atoms with E-state index in [4.69, 9.17) is 5.73 Å². The van der Waals surface area contributed by atoms with Crippen LogP contribution in [0.1, 0.15) is 37.7 Å². The lowest BCUT2D eigenvalue weighted by molar-refractivity contribution is 0.364. The summed E-state index contributed by atoms with van der Waals surface area (Å²) >= 11 is 0. The SMILES string of the molecule is Cc1cc(S(=O)(=O)N2CCCCCCC2)ccc1N. The average molecular weight is 282 g/mol. The highest BCUT2D eigenvalue weighted by molar-refractivity contribution is 7.89. The molecule has 0 spiro atoms. The number of hydrogen-bond acceptors (Lipinski definition) is 3. The van der Waals surface area contributed by atoms with E-state index >= 15 is 0 Å². The molecule has 1 fully saturated rings. The second-order valence-electron chi connectivity index (χ2n) is 5.19. The smallest absolute Gasteiger partial charge is 0.243 e. The largest absolute Gasteiger partial charge is 0.399 e. The van der Waals surface area contributed by atoms with Crippen LogP contribution in [0.3, 0.4) is 0 Å². The maximum atomic E-state index is 12.6.